The van der Waals surface area contributed by atoms with Gasteiger partial charge < -0.3 is 4.90 Å². The highest BCUT2D eigenvalue weighted by molar-refractivity contribution is 7.17. The van der Waals surface area contributed by atoms with Crippen molar-refractivity contribution in [2.75, 3.05) is 31.1 Å². The maximum atomic E-state index is 11.3. The summed E-state index contributed by atoms with van der Waals surface area (Å²) in [6.07, 6.45) is 1.69. The van der Waals surface area contributed by atoms with Gasteiger partial charge in [-0.15, -0.1) is 0 Å². The molecule has 3 rings (SSSR count). The van der Waals surface area contributed by atoms with Crippen LogP contribution in [0.25, 0.3) is 0 Å². The smallest absolute Gasteiger partial charge is 0.186 e. The summed E-state index contributed by atoms with van der Waals surface area (Å²) in [6, 6.07) is 10.6. The van der Waals surface area contributed by atoms with Crippen molar-refractivity contribution in [1.29, 1.82) is 0 Å². The predicted octanol–water partition coefficient (Wildman–Crippen LogP) is 2.67. The zero-order valence-electron chi connectivity index (χ0n) is 12.2. The van der Waals surface area contributed by atoms with Crippen molar-refractivity contribution in [1.82, 2.24) is 9.88 Å². The minimum Gasteiger partial charge on any atom is -0.346 e. The van der Waals surface area contributed by atoms with Gasteiger partial charge in [0, 0.05) is 39.6 Å². The molecule has 0 N–H and O–H groups in total. The van der Waals surface area contributed by atoms with Gasteiger partial charge in [0.2, 0.25) is 0 Å². The summed E-state index contributed by atoms with van der Waals surface area (Å²) in [4.78, 5) is 21.2. The number of carbonyl (C=O) groups is 1. The van der Waals surface area contributed by atoms with Crippen molar-refractivity contribution in [3.05, 3.63) is 47.0 Å². The van der Waals surface area contributed by atoms with Crippen LogP contribution in [-0.4, -0.2) is 41.8 Å². The molecule has 1 aromatic carbocycles. The highest BCUT2D eigenvalue weighted by atomic mass is 32.1. The van der Waals surface area contributed by atoms with Crippen LogP contribution >= 0.6 is 11.3 Å². The van der Waals surface area contributed by atoms with E-state index in [1.165, 1.54) is 16.9 Å². The normalized spacial score (nSPS) is 16.1. The largest absolute Gasteiger partial charge is 0.346 e. The molecule has 5 heteroatoms. The van der Waals surface area contributed by atoms with Crippen molar-refractivity contribution >= 4 is 22.3 Å². The van der Waals surface area contributed by atoms with Crippen molar-refractivity contribution in [3.8, 4) is 0 Å². The number of benzene rings is 1. The fourth-order valence-corrected chi connectivity index (χ4v) is 3.38. The summed E-state index contributed by atoms with van der Waals surface area (Å²) in [5.74, 6) is 0.0986. The number of thiazole rings is 1. The number of nitrogens with zero attached hydrogens (tertiary/aromatic N) is 3. The molecule has 1 aliphatic rings. The zero-order valence-corrected chi connectivity index (χ0v) is 13.0. The van der Waals surface area contributed by atoms with Gasteiger partial charge in [-0.3, -0.25) is 9.69 Å². The number of rotatable bonds is 4. The predicted molar refractivity (Wildman–Crippen MR) is 86.1 cm³/mol. The molecule has 1 saturated heterocycles. The summed E-state index contributed by atoms with van der Waals surface area (Å²) in [7, 11) is 0. The number of ketones is 1. The number of hydrogen-bond donors (Lipinski definition) is 0. The number of hydrogen-bond acceptors (Lipinski definition) is 5. The lowest BCUT2D eigenvalue weighted by Crippen LogP contribution is -2.45. The van der Waals surface area contributed by atoms with E-state index in [0.717, 1.165) is 42.7 Å². The van der Waals surface area contributed by atoms with E-state index in [1.807, 2.05) is 0 Å². The average molecular weight is 301 g/mol. The molecule has 1 aliphatic heterocycles. The molecule has 1 aromatic heterocycles. The number of anilines is 1. The quantitative estimate of drug-likeness (QED) is 0.814. The molecular formula is C16H19N3OS. The molecule has 0 aliphatic carbocycles. The zero-order chi connectivity index (χ0) is 14.7. The van der Waals surface area contributed by atoms with E-state index in [4.69, 9.17) is 0 Å². The van der Waals surface area contributed by atoms with Gasteiger partial charge in [-0.25, -0.2) is 4.98 Å². The van der Waals surface area contributed by atoms with E-state index in [2.05, 4.69) is 45.1 Å². The molecule has 2 aromatic rings. The fraction of sp³-hybridized carbons (Fsp3) is 0.375. The first-order valence-corrected chi connectivity index (χ1v) is 8.02. The van der Waals surface area contributed by atoms with Gasteiger partial charge in [0.15, 0.2) is 10.9 Å². The standard InChI is InChI=1S/C16H19N3OS/c1-13(20)15-11-17-16(21-15)19-9-7-18(8-10-19)12-14-5-3-2-4-6-14/h2-6,11H,7-10,12H2,1H3. The Hall–Kier alpha value is -1.72. The maximum absolute atomic E-state index is 11.3. The minimum atomic E-state index is 0.0986. The van der Waals surface area contributed by atoms with Gasteiger partial charge >= 0.3 is 0 Å². The van der Waals surface area contributed by atoms with Gasteiger partial charge in [-0.05, 0) is 5.56 Å². The maximum Gasteiger partial charge on any atom is 0.186 e. The van der Waals surface area contributed by atoms with Gasteiger partial charge in [0.25, 0.3) is 0 Å². The molecule has 0 atom stereocenters. The van der Waals surface area contributed by atoms with Gasteiger partial charge in [-0.1, -0.05) is 41.7 Å². The Morgan fingerprint density at radius 2 is 1.90 bits per heavy atom. The van der Waals surface area contributed by atoms with Gasteiger partial charge in [-0.2, -0.15) is 0 Å². The van der Waals surface area contributed by atoms with E-state index < -0.39 is 0 Å². The molecule has 2 heterocycles. The van der Waals surface area contributed by atoms with E-state index in [9.17, 15) is 4.79 Å². The van der Waals surface area contributed by atoms with Crippen molar-refractivity contribution in [2.24, 2.45) is 0 Å². The first-order valence-electron chi connectivity index (χ1n) is 7.20. The Kier molecular flexibility index (Phi) is 4.31. The van der Waals surface area contributed by atoms with Crippen LogP contribution < -0.4 is 4.90 Å². The molecule has 0 unspecified atom stereocenters. The lowest BCUT2D eigenvalue weighted by molar-refractivity contribution is 0.102. The topological polar surface area (TPSA) is 36.4 Å². The highest BCUT2D eigenvalue weighted by Crippen LogP contribution is 2.24. The molecule has 0 bridgehead atoms. The van der Waals surface area contributed by atoms with Crippen LogP contribution in [0.4, 0.5) is 5.13 Å². The van der Waals surface area contributed by atoms with E-state index in [0.29, 0.717) is 0 Å². The molecule has 0 spiro atoms. The lowest BCUT2D eigenvalue weighted by atomic mass is 10.2. The van der Waals surface area contributed by atoms with Gasteiger partial charge in [0.1, 0.15) is 0 Å². The Morgan fingerprint density at radius 3 is 2.52 bits per heavy atom. The summed E-state index contributed by atoms with van der Waals surface area (Å²) in [5.41, 5.74) is 1.36. The Morgan fingerprint density at radius 1 is 1.19 bits per heavy atom. The van der Waals surface area contributed by atoms with Crippen LogP contribution in [0.1, 0.15) is 22.2 Å². The molecule has 21 heavy (non-hydrogen) atoms. The molecule has 0 saturated carbocycles. The molecular weight excluding hydrogens is 282 g/mol. The SMILES string of the molecule is CC(=O)c1cnc(N2CCN(Cc3ccccc3)CC2)s1. The molecule has 4 nitrogen and oxygen atoms in total. The molecule has 0 radical (unpaired) electrons. The van der Waals surface area contributed by atoms with Crippen LogP contribution in [0.2, 0.25) is 0 Å². The van der Waals surface area contributed by atoms with Crippen molar-refractivity contribution < 1.29 is 4.79 Å². The van der Waals surface area contributed by atoms with Crippen molar-refractivity contribution in [2.45, 2.75) is 13.5 Å². The Balaban J connectivity index is 1.56. The van der Waals surface area contributed by atoms with Crippen LogP contribution in [0.5, 0.6) is 0 Å². The second-order valence-corrected chi connectivity index (χ2v) is 6.32. The van der Waals surface area contributed by atoms with E-state index in [-0.39, 0.29) is 5.78 Å². The second-order valence-electron chi connectivity index (χ2n) is 5.31. The van der Waals surface area contributed by atoms with Crippen molar-refractivity contribution in [3.63, 3.8) is 0 Å². The van der Waals surface area contributed by atoms with E-state index in [1.54, 1.807) is 13.1 Å². The van der Waals surface area contributed by atoms with Crippen LogP contribution in [-0.2, 0) is 6.54 Å². The fourth-order valence-electron chi connectivity index (χ4n) is 2.51. The molecule has 1 fully saturated rings. The number of aromatic nitrogens is 1. The average Bonchev–Trinajstić information content (AvgIpc) is 2.99. The van der Waals surface area contributed by atoms with Crippen LogP contribution in [0.15, 0.2) is 36.5 Å². The Bertz CT molecular complexity index is 603. The third-order valence-corrected chi connectivity index (χ3v) is 4.89. The second kappa shape index (κ2) is 6.37. The summed E-state index contributed by atoms with van der Waals surface area (Å²) in [5, 5.41) is 0.972. The minimum absolute atomic E-state index is 0.0986. The third-order valence-electron chi connectivity index (χ3n) is 3.73. The number of carbonyl (C=O) groups excluding carboxylic acids is 1. The van der Waals surface area contributed by atoms with Gasteiger partial charge in [0.05, 0.1) is 11.1 Å². The molecule has 110 valence electrons. The van der Waals surface area contributed by atoms with E-state index >= 15 is 0 Å². The molecule has 0 amide bonds. The summed E-state index contributed by atoms with van der Waals surface area (Å²) in [6.45, 7) is 6.60. The van der Waals surface area contributed by atoms with Crippen LogP contribution in [0.3, 0.4) is 0 Å². The Labute approximate surface area is 129 Å². The summed E-state index contributed by atoms with van der Waals surface area (Å²) < 4.78 is 0. The first-order chi connectivity index (χ1) is 10.2. The first kappa shape index (κ1) is 14.2. The summed E-state index contributed by atoms with van der Waals surface area (Å²) >= 11 is 1.50. The van der Waals surface area contributed by atoms with Crippen LogP contribution in [0, 0.1) is 0 Å². The third kappa shape index (κ3) is 3.49. The monoisotopic (exact) mass is 301 g/mol. The number of Topliss-reactive ketones (excluding diaryl/α,β-unsaturated/α-hetero) is 1. The number of piperazine rings is 1. The lowest BCUT2D eigenvalue weighted by Gasteiger charge is -2.34. The highest BCUT2D eigenvalue weighted by Gasteiger charge is 2.20.